The molecule has 3 aliphatic heterocycles. The number of hydrogen-bond acceptors (Lipinski definition) is 15. The topological polar surface area (TPSA) is 231 Å². The summed E-state index contributed by atoms with van der Waals surface area (Å²) in [5.74, 6) is -0.515. The lowest BCUT2D eigenvalue weighted by Gasteiger charge is -2.42. The van der Waals surface area contributed by atoms with E-state index in [0.717, 1.165) is 6.08 Å². The Morgan fingerprint density at radius 3 is 2.38 bits per heavy atom. The summed E-state index contributed by atoms with van der Waals surface area (Å²) in [4.78, 5) is 24.9. The van der Waals surface area contributed by atoms with E-state index in [4.69, 9.17) is 28.4 Å². The highest BCUT2D eigenvalue weighted by Gasteiger charge is 2.54. The fraction of sp³-hybridized carbons (Fsp3) is 0.371. The standard InChI is InChI=1S/C35H36O15/c36-15-27-29(41)30(42)31(50-34-32(43)35(44,17-46-34)16-45-28(40)12-3-18-1-6-20(37)7-2-18)33(49-27)47-22-9-4-19(5-10-22)25-14-24(39)23-11-8-21(38)13-26(23)48-25/h1-13,25,27,29-34,36-38,41-44H,14-17H2/b12-3+. The van der Waals surface area contributed by atoms with Crippen LogP contribution in [0, 0.1) is 0 Å². The predicted molar refractivity (Wildman–Crippen MR) is 169 cm³/mol. The monoisotopic (exact) mass is 696 g/mol. The number of aliphatic hydroxyl groups is 5. The van der Waals surface area contributed by atoms with Crippen molar-refractivity contribution in [3.8, 4) is 23.0 Å². The van der Waals surface area contributed by atoms with Gasteiger partial charge in [0.2, 0.25) is 6.29 Å². The molecule has 2 fully saturated rings. The van der Waals surface area contributed by atoms with Crippen molar-refractivity contribution in [3.05, 3.63) is 89.5 Å². The van der Waals surface area contributed by atoms with Crippen LogP contribution in [0.2, 0.25) is 0 Å². The van der Waals surface area contributed by atoms with Gasteiger partial charge in [0, 0.05) is 12.1 Å². The van der Waals surface area contributed by atoms with E-state index >= 15 is 0 Å². The Balaban J connectivity index is 1.10. The first-order chi connectivity index (χ1) is 23.9. The number of carbonyl (C=O) groups excluding carboxylic acids is 2. The summed E-state index contributed by atoms with van der Waals surface area (Å²) in [6.07, 6.45) is -9.03. The molecule has 0 aromatic heterocycles. The molecule has 6 rings (SSSR count). The summed E-state index contributed by atoms with van der Waals surface area (Å²) < 4.78 is 33.9. The van der Waals surface area contributed by atoms with Gasteiger partial charge in [-0.25, -0.2) is 4.79 Å². The lowest BCUT2D eigenvalue weighted by molar-refractivity contribution is -0.318. The van der Waals surface area contributed by atoms with Gasteiger partial charge >= 0.3 is 5.97 Å². The summed E-state index contributed by atoms with van der Waals surface area (Å²) in [7, 11) is 0. The maximum Gasteiger partial charge on any atom is 0.330 e. The van der Waals surface area contributed by atoms with Crippen molar-refractivity contribution in [2.75, 3.05) is 19.8 Å². The molecule has 0 bridgehead atoms. The fourth-order valence-electron chi connectivity index (χ4n) is 5.74. The molecule has 3 heterocycles. The van der Waals surface area contributed by atoms with Crippen molar-refractivity contribution in [1.29, 1.82) is 0 Å². The molecule has 0 radical (unpaired) electrons. The Morgan fingerprint density at radius 2 is 1.66 bits per heavy atom. The van der Waals surface area contributed by atoms with Gasteiger partial charge in [0.1, 0.15) is 60.1 Å². The lowest BCUT2D eigenvalue weighted by atomic mass is 9.96. The Kier molecular flexibility index (Phi) is 10.4. The number of fused-ring (bicyclic) bond motifs is 1. The molecular weight excluding hydrogens is 660 g/mol. The van der Waals surface area contributed by atoms with Crippen LogP contribution in [0.3, 0.4) is 0 Å². The van der Waals surface area contributed by atoms with Crippen molar-refractivity contribution in [1.82, 2.24) is 0 Å². The first-order valence-corrected chi connectivity index (χ1v) is 15.7. The number of esters is 1. The molecule has 0 saturated carbocycles. The number of benzene rings is 3. The van der Waals surface area contributed by atoms with E-state index in [-0.39, 0.29) is 35.2 Å². The number of phenolic OH excluding ortho intramolecular Hbond substituents is 2. The van der Waals surface area contributed by atoms with E-state index in [9.17, 15) is 45.3 Å². The number of Topliss-reactive ketones (excluding diaryl/α,β-unsaturated/α-hetero) is 1. The van der Waals surface area contributed by atoms with Gasteiger partial charge in [-0.1, -0.05) is 24.3 Å². The molecule has 0 amide bonds. The Morgan fingerprint density at radius 1 is 0.940 bits per heavy atom. The van der Waals surface area contributed by atoms with E-state index in [0.29, 0.717) is 16.7 Å². The van der Waals surface area contributed by atoms with Crippen molar-refractivity contribution < 1.29 is 73.8 Å². The van der Waals surface area contributed by atoms with Gasteiger partial charge in [-0.3, -0.25) is 4.79 Å². The van der Waals surface area contributed by atoms with Gasteiger partial charge in [0.15, 0.2) is 23.8 Å². The molecule has 266 valence electrons. The van der Waals surface area contributed by atoms with E-state index in [1.165, 1.54) is 48.5 Å². The van der Waals surface area contributed by atoms with Gasteiger partial charge in [0.05, 0.1) is 25.2 Å². The number of ether oxygens (including phenoxy) is 6. The fourth-order valence-corrected chi connectivity index (χ4v) is 5.74. The van der Waals surface area contributed by atoms with Gasteiger partial charge in [0.25, 0.3) is 0 Å². The van der Waals surface area contributed by atoms with Gasteiger partial charge in [-0.05, 0) is 53.6 Å². The van der Waals surface area contributed by atoms with Crippen molar-refractivity contribution in [3.63, 3.8) is 0 Å². The molecule has 2 saturated heterocycles. The van der Waals surface area contributed by atoms with E-state index in [2.05, 4.69) is 0 Å². The molecule has 9 unspecified atom stereocenters. The van der Waals surface area contributed by atoms with E-state index in [1.54, 1.807) is 24.3 Å². The molecule has 15 heteroatoms. The normalized spacial score (nSPS) is 30.9. The molecule has 15 nitrogen and oxygen atoms in total. The number of aromatic hydroxyl groups is 2. The van der Waals surface area contributed by atoms with Crippen LogP contribution in [0.4, 0.5) is 0 Å². The zero-order chi connectivity index (χ0) is 35.6. The molecule has 3 aromatic carbocycles. The Labute approximate surface area is 285 Å². The second-order valence-corrected chi connectivity index (χ2v) is 12.2. The minimum Gasteiger partial charge on any atom is -0.508 e. The molecular formula is C35H36O15. The van der Waals surface area contributed by atoms with Crippen molar-refractivity contribution in [2.24, 2.45) is 0 Å². The minimum absolute atomic E-state index is 0.0436. The molecule has 50 heavy (non-hydrogen) atoms. The smallest absolute Gasteiger partial charge is 0.330 e. The number of carbonyl (C=O) groups is 2. The van der Waals surface area contributed by atoms with Gasteiger partial charge < -0.3 is 64.2 Å². The number of rotatable bonds is 10. The first kappa shape index (κ1) is 35.3. The number of aliphatic hydroxyl groups excluding tert-OH is 4. The lowest BCUT2D eigenvalue weighted by Crippen LogP contribution is -2.62. The summed E-state index contributed by atoms with van der Waals surface area (Å²) in [6.45, 7) is -1.88. The highest BCUT2D eigenvalue weighted by atomic mass is 16.8. The average molecular weight is 697 g/mol. The van der Waals surface area contributed by atoms with Gasteiger partial charge in [-0.2, -0.15) is 0 Å². The van der Waals surface area contributed by atoms with Crippen LogP contribution < -0.4 is 9.47 Å². The van der Waals surface area contributed by atoms with Crippen LogP contribution in [-0.2, 0) is 23.7 Å². The van der Waals surface area contributed by atoms with Crippen LogP contribution in [-0.4, -0.2) is 116 Å². The summed E-state index contributed by atoms with van der Waals surface area (Å²) in [5, 5.41) is 72.4. The zero-order valence-corrected chi connectivity index (χ0v) is 26.3. The largest absolute Gasteiger partial charge is 0.508 e. The SMILES string of the molecule is O=C(/C=C/c1ccc(O)cc1)OCC1(O)COC(OC2C(Oc3ccc(C4CC(=O)c5ccc(O)cc5O4)cc3)OC(CO)C(O)C2O)C1O. The van der Waals surface area contributed by atoms with Crippen LogP contribution in [0.25, 0.3) is 6.08 Å². The quantitative estimate of drug-likeness (QED) is 0.114. The maximum absolute atomic E-state index is 12.7. The van der Waals surface area contributed by atoms with Crippen LogP contribution in [0.15, 0.2) is 72.8 Å². The van der Waals surface area contributed by atoms with Crippen LogP contribution in [0.5, 0.6) is 23.0 Å². The number of phenols is 2. The van der Waals surface area contributed by atoms with E-state index in [1.807, 2.05) is 0 Å². The zero-order valence-electron chi connectivity index (χ0n) is 26.3. The van der Waals surface area contributed by atoms with E-state index < -0.39 is 80.6 Å². The third kappa shape index (κ3) is 7.60. The Bertz CT molecular complexity index is 1690. The highest BCUT2D eigenvalue weighted by molar-refractivity contribution is 6.00. The van der Waals surface area contributed by atoms with Gasteiger partial charge in [-0.15, -0.1) is 0 Å². The first-order valence-electron chi connectivity index (χ1n) is 15.7. The average Bonchev–Trinajstić information content (AvgIpc) is 3.39. The van der Waals surface area contributed by atoms with Crippen molar-refractivity contribution in [2.45, 2.75) is 61.2 Å². The molecule has 0 spiro atoms. The highest BCUT2D eigenvalue weighted by Crippen LogP contribution is 2.38. The third-order valence-corrected chi connectivity index (χ3v) is 8.60. The summed E-state index contributed by atoms with van der Waals surface area (Å²) in [6, 6.07) is 16.6. The minimum atomic E-state index is -2.10. The second kappa shape index (κ2) is 14.7. The number of ketones is 1. The molecule has 3 aliphatic rings. The Hall–Kier alpha value is -4.58. The molecule has 9 atom stereocenters. The summed E-state index contributed by atoms with van der Waals surface area (Å²) in [5.41, 5.74) is -0.508. The summed E-state index contributed by atoms with van der Waals surface area (Å²) >= 11 is 0. The third-order valence-electron chi connectivity index (χ3n) is 8.60. The molecule has 7 N–H and O–H groups in total. The molecule has 0 aliphatic carbocycles. The second-order valence-electron chi connectivity index (χ2n) is 12.2. The van der Waals surface area contributed by atoms with Crippen molar-refractivity contribution >= 4 is 17.8 Å². The predicted octanol–water partition coefficient (Wildman–Crippen LogP) is 0.712. The maximum atomic E-state index is 12.7. The van der Waals surface area contributed by atoms with Crippen LogP contribution in [0.1, 0.15) is 34.0 Å². The van der Waals surface area contributed by atoms with Crippen LogP contribution >= 0.6 is 0 Å². The number of hydrogen-bond donors (Lipinski definition) is 7. The molecule has 3 aromatic rings.